The first kappa shape index (κ1) is 13.4. The summed E-state index contributed by atoms with van der Waals surface area (Å²) < 4.78 is 5.71. The van der Waals surface area contributed by atoms with E-state index in [0.29, 0.717) is 5.92 Å². The molecule has 18 heavy (non-hydrogen) atoms. The monoisotopic (exact) mass is 248 g/mol. The van der Waals surface area contributed by atoms with Crippen molar-refractivity contribution in [1.82, 2.24) is 10.2 Å². The summed E-state index contributed by atoms with van der Waals surface area (Å²) in [4.78, 5) is 2.39. The van der Waals surface area contributed by atoms with E-state index >= 15 is 0 Å². The lowest BCUT2D eigenvalue weighted by Gasteiger charge is -2.20. The molecule has 1 N–H and O–H groups in total. The first-order chi connectivity index (χ1) is 8.81. The molecule has 0 saturated carbocycles. The molecule has 0 amide bonds. The van der Waals surface area contributed by atoms with Crippen LogP contribution < -0.4 is 10.1 Å². The van der Waals surface area contributed by atoms with E-state index in [4.69, 9.17) is 4.74 Å². The summed E-state index contributed by atoms with van der Waals surface area (Å²) in [6.45, 7) is 7.38. The SMILES string of the molecule is CCCNCCN(C)CC1COc2ccccc21. The third kappa shape index (κ3) is 3.47. The highest BCUT2D eigenvalue weighted by Gasteiger charge is 2.24. The number of fused-ring (bicyclic) bond motifs is 1. The Kier molecular flexibility index (Phi) is 5.02. The molecule has 0 spiro atoms. The molecule has 3 heteroatoms. The van der Waals surface area contributed by atoms with Gasteiger partial charge in [-0.2, -0.15) is 0 Å². The van der Waals surface area contributed by atoms with Crippen LogP contribution in [0.4, 0.5) is 0 Å². The van der Waals surface area contributed by atoms with Crippen LogP contribution in [0, 0.1) is 0 Å². The predicted molar refractivity (Wildman–Crippen MR) is 75.3 cm³/mol. The molecule has 100 valence electrons. The van der Waals surface area contributed by atoms with E-state index in [0.717, 1.165) is 38.5 Å². The molecule has 0 aromatic heterocycles. The average molecular weight is 248 g/mol. The molecule has 0 saturated heterocycles. The van der Waals surface area contributed by atoms with Crippen molar-refractivity contribution in [1.29, 1.82) is 0 Å². The molecule has 1 aliphatic rings. The van der Waals surface area contributed by atoms with Crippen LogP contribution in [-0.2, 0) is 0 Å². The van der Waals surface area contributed by atoms with E-state index in [1.165, 1.54) is 12.0 Å². The smallest absolute Gasteiger partial charge is 0.122 e. The largest absolute Gasteiger partial charge is 0.493 e. The van der Waals surface area contributed by atoms with Crippen molar-refractivity contribution in [3.63, 3.8) is 0 Å². The van der Waals surface area contributed by atoms with Gasteiger partial charge in [-0.15, -0.1) is 0 Å². The fraction of sp³-hybridized carbons (Fsp3) is 0.600. The number of para-hydroxylation sites is 1. The molecule has 1 atom stereocenters. The molecule has 0 bridgehead atoms. The van der Waals surface area contributed by atoms with E-state index < -0.39 is 0 Å². The van der Waals surface area contributed by atoms with Crippen LogP contribution in [0.1, 0.15) is 24.8 Å². The molecular formula is C15H24N2O. The number of benzene rings is 1. The summed E-state index contributed by atoms with van der Waals surface area (Å²) in [5.74, 6) is 1.59. The van der Waals surface area contributed by atoms with Gasteiger partial charge < -0.3 is 15.0 Å². The maximum absolute atomic E-state index is 5.71. The Labute approximate surface area is 110 Å². The van der Waals surface area contributed by atoms with Gasteiger partial charge in [-0.05, 0) is 26.1 Å². The van der Waals surface area contributed by atoms with Gasteiger partial charge in [-0.25, -0.2) is 0 Å². The van der Waals surface area contributed by atoms with E-state index in [-0.39, 0.29) is 0 Å². The number of likely N-dealkylation sites (N-methyl/N-ethyl adjacent to an activating group) is 1. The van der Waals surface area contributed by atoms with Crippen LogP contribution in [0.25, 0.3) is 0 Å². The predicted octanol–water partition coefficient (Wildman–Crippen LogP) is 2.09. The summed E-state index contributed by atoms with van der Waals surface area (Å²) in [7, 11) is 2.19. The zero-order chi connectivity index (χ0) is 12.8. The van der Waals surface area contributed by atoms with Crippen LogP contribution in [0.5, 0.6) is 5.75 Å². The number of ether oxygens (including phenoxy) is 1. The topological polar surface area (TPSA) is 24.5 Å². The molecule has 0 radical (unpaired) electrons. The van der Waals surface area contributed by atoms with Crippen LogP contribution >= 0.6 is 0 Å². The minimum absolute atomic E-state index is 0.525. The molecule has 1 aliphatic heterocycles. The summed E-state index contributed by atoms with van der Waals surface area (Å²) in [5.41, 5.74) is 1.37. The minimum Gasteiger partial charge on any atom is -0.493 e. The first-order valence-electron chi connectivity index (χ1n) is 6.92. The quantitative estimate of drug-likeness (QED) is 0.748. The molecule has 1 heterocycles. The van der Waals surface area contributed by atoms with E-state index in [1.807, 2.05) is 6.07 Å². The maximum Gasteiger partial charge on any atom is 0.122 e. The highest BCUT2D eigenvalue weighted by atomic mass is 16.5. The Morgan fingerprint density at radius 1 is 1.33 bits per heavy atom. The highest BCUT2D eigenvalue weighted by Crippen LogP contribution is 2.33. The lowest BCUT2D eigenvalue weighted by molar-refractivity contribution is 0.266. The minimum atomic E-state index is 0.525. The Balaban J connectivity index is 1.77. The highest BCUT2D eigenvalue weighted by molar-refractivity contribution is 5.39. The van der Waals surface area contributed by atoms with Crippen molar-refractivity contribution in [2.45, 2.75) is 19.3 Å². The van der Waals surface area contributed by atoms with E-state index in [1.54, 1.807) is 0 Å². The van der Waals surface area contributed by atoms with Crippen molar-refractivity contribution in [2.24, 2.45) is 0 Å². The summed E-state index contributed by atoms with van der Waals surface area (Å²) in [6, 6.07) is 8.40. The molecular weight excluding hydrogens is 224 g/mol. The summed E-state index contributed by atoms with van der Waals surface area (Å²) in [6.07, 6.45) is 1.20. The second-order valence-electron chi connectivity index (χ2n) is 5.06. The standard InChI is InChI=1S/C15H24N2O/c1-3-8-16-9-10-17(2)11-13-12-18-15-7-5-4-6-14(13)15/h4-7,13,16H,3,8-12H2,1-2H3. The lowest BCUT2D eigenvalue weighted by atomic mass is 10.0. The molecule has 1 aromatic rings. The number of nitrogens with one attached hydrogen (secondary N) is 1. The average Bonchev–Trinajstić information content (AvgIpc) is 2.78. The lowest BCUT2D eigenvalue weighted by Crippen LogP contribution is -2.32. The maximum atomic E-state index is 5.71. The van der Waals surface area contributed by atoms with Gasteiger partial charge in [0.25, 0.3) is 0 Å². The first-order valence-corrected chi connectivity index (χ1v) is 6.92. The van der Waals surface area contributed by atoms with Gasteiger partial charge in [0, 0.05) is 31.1 Å². The van der Waals surface area contributed by atoms with Crippen LogP contribution in [0.15, 0.2) is 24.3 Å². The number of hydrogen-bond acceptors (Lipinski definition) is 3. The Morgan fingerprint density at radius 3 is 3.00 bits per heavy atom. The molecule has 3 nitrogen and oxygen atoms in total. The molecule has 0 fully saturated rings. The zero-order valence-electron chi connectivity index (χ0n) is 11.5. The van der Waals surface area contributed by atoms with Crippen LogP contribution in [0.2, 0.25) is 0 Å². The molecule has 1 unspecified atom stereocenters. The Hall–Kier alpha value is -1.06. The van der Waals surface area contributed by atoms with Gasteiger partial charge in [-0.3, -0.25) is 0 Å². The number of hydrogen-bond donors (Lipinski definition) is 1. The summed E-state index contributed by atoms with van der Waals surface area (Å²) >= 11 is 0. The van der Waals surface area contributed by atoms with Gasteiger partial charge in [0.15, 0.2) is 0 Å². The Morgan fingerprint density at radius 2 is 2.17 bits per heavy atom. The molecule has 1 aromatic carbocycles. The third-order valence-corrected chi connectivity index (χ3v) is 3.43. The van der Waals surface area contributed by atoms with Crippen molar-refractivity contribution >= 4 is 0 Å². The van der Waals surface area contributed by atoms with Crippen LogP contribution in [0.3, 0.4) is 0 Å². The fourth-order valence-corrected chi connectivity index (χ4v) is 2.42. The number of nitrogens with zero attached hydrogens (tertiary/aromatic N) is 1. The van der Waals surface area contributed by atoms with Gasteiger partial charge in [0.2, 0.25) is 0 Å². The van der Waals surface area contributed by atoms with Crippen molar-refractivity contribution < 1.29 is 4.74 Å². The second-order valence-corrected chi connectivity index (χ2v) is 5.06. The van der Waals surface area contributed by atoms with Gasteiger partial charge in [0.05, 0.1) is 6.61 Å². The van der Waals surface area contributed by atoms with Crippen LogP contribution in [-0.4, -0.2) is 44.7 Å². The van der Waals surface area contributed by atoms with Crippen molar-refractivity contribution in [3.05, 3.63) is 29.8 Å². The zero-order valence-corrected chi connectivity index (χ0v) is 11.5. The van der Waals surface area contributed by atoms with Gasteiger partial charge >= 0.3 is 0 Å². The Bertz CT molecular complexity index is 367. The number of rotatable bonds is 7. The van der Waals surface area contributed by atoms with Crippen molar-refractivity contribution in [3.8, 4) is 5.75 Å². The third-order valence-electron chi connectivity index (χ3n) is 3.43. The summed E-state index contributed by atoms with van der Waals surface area (Å²) in [5, 5.41) is 3.44. The van der Waals surface area contributed by atoms with E-state index in [9.17, 15) is 0 Å². The van der Waals surface area contributed by atoms with Gasteiger partial charge in [0.1, 0.15) is 5.75 Å². The molecule has 2 rings (SSSR count). The van der Waals surface area contributed by atoms with Gasteiger partial charge in [-0.1, -0.05) is 25.1 Å². The van der Waals surface area contributed by atoms with E-state index in [2.05, 4.69) is 42.4 Å². The normalized spacial score (nSPS) is 17.8. The van der Waals surface area contributed by atoms with Crippen molar-refractivity contribution in [2.75, 3.05) is 39.8 Å². The fourth-order valence-electron chi connectivity index (χ4n) is 2.42. The molecule has 0 aliphatic carbocycles. The second kappa shape index (κ2) is 6.76.